The van der Waals surface area contributed by atoms with E-state index in [1.54, 1.807) is 30.3 Å². The highest BCUT2D eigenvalue weighted by molar-refractivity contribution is 14.1. The number of carbonyl (C=O) groups is 1. The highest BCUT2D eigenvalue weighted by Gasteiger charge is 2.55. The summed E-state index contributed by atoms with van der Waals surface area (Å²) in [5.74, 6) is -0.757. The third kappa shape index (κ3) is 4.13. The number of fused-ring (bicyclic) bond motifs is 2. The van der Waals surface area contributed by atoms with E-state index in [0.29, 0.717) is 10.1 Å². The van der Waals surface area contributed by atoms with Crippen molar-refractivity contribution in [1.82, 2.24) is 4.90 Å². The topological polar surface area (TPSA) is 43.8 Å². The highest BCUT2D eigenvalue weighted by Crippen LogP contribution is 2.51. The summed E-state index contributed by atoms with van der Waals surface area (Å²) < 4.78 is 42.8. The number of benzene rings is 3. The molecule has 4 nitrogen and oxygen atoms in total. The van der Waals surface area contributed by atoms with E-state index in [9.17, 15) is 23.1 Å². The van der Waals surface area contributed by atoms with Crippen LogP contribution in [-0.4, -0.2) is 42.1 Å². The lowest BCUT2D eigenvalue weighted by Crippen LogP contribution is -2.44. The first kappa shape index (κ1) is 24.0. The van der Waals surface area contributed by atoms with Crippen LogP contribution in [0.2, 0.25) is 0 Å². The minimum Gasteiger partial charge on any atom is -0.372 e. The van der Waals surface area contributed by atoms with Gasteiger partial charge < -0.3 is 14.9 Å². The van der Waals surface area contributed by atoms with Crippen LogP contribution < -0.4 is 4.90 Å². The Hall–Kier alpha value is -2.17. The highest BCUT2D eigenvalue weighted by atomic mass is 127. The van der Waals surface area contributed by atoms with Gasteiger partial charge >= 0.3 is 6.18 Å². The fraction of sp³-hybridized carbons (Fsp3) is 0.320. The molecule has 1 aliphatic heterocycles. The van der Waals surface area contributed by atoms with Crippen LogP contribution in [-0.2, 0) is 16.6 Å². The first-order valence-electron chi connectivity index (χ1n) is 10.8. The normalized spacial score (nSPS) is 18.4. The van der Waals surface area contributed by atoms with Gasteiger partial charge in [0.2, 0.25) is 0 Å². The van der Waals surface area contributed by atoms with Gasteiger partial charge in [-0.2, -0.15) is 13.2 Å². The number of anilines is 1. The number of alkyl halides is 3. The van der Waals surface area contributed by atoms with Crippen LogP contribution in [0, 0.1) is 3.57 Å². The number of carbonyl (C=O) groups excluding carboxylic acids is 1. The van der Waals surface area contributed by atoms with Crippen molar-refractivity contribution in [2.45, 2.75) is 25.6 Å². The largest absolute Gasteiger partial charge is 0.416 e. The summed E-state index contributed by atoms with van der Waals surface area (Å²) in [6, 6.07) is 14.7. The molecule has 8 heteroatoms. The van der Waals surface area contributed by atoms with Crippen molar-refractivity contribution >= 4 is 45.0 Å². The van der Waals surface area contributed by atoms with Gasteiger partial charge in [-0.15, -0.1) is 0 Å². The molecule has 0 saturated heterocycles. The van der Waals surface area contributed by atoms with Crippen molar-refractivity contribution in [2.75, 3.05) is 31.1 Å². The third-order valence-electron chi connectivity index (χ3n) is 6.30. The molecule has 3 aromatic rings. The summed E-state index contributed by atoms with van der Waals surface area (Å²) in [6.07, 6.45) is -4.73. The fourth-order valence-electron chi connectivity index (χ4n) is 4.51. The quantitative estimate of drug-likeness (QED) is 0.406. The van der Waals surface area contributed by atoms with Gasteiger partial charge in [-0.25, -0.2) is 0 Å². The molecule has 1 aliphatic rings. The zero-order chi connectivity index (χ0) is 24.0. The Kier molecular flexibility index (Phi) is 6.45. The van der Waals surface area contributed by atoms with Crippen LogP contribution in [0.3, 0.4) is 0 Å². The minimum absolute atomic E-state index is 0.113. The van der Waals surface area contributed by atoms with Crippen LogP contribution >= 0.6 is 22.6 Å². The van der Waals surface area contributed by atoms with Gasteiger partial charge in [0.15, 0.2) is 5.60 Å². The van der Waals surface area contributed by atoms with E-state index in [-0.39, 0.29) is 17.8 Å². The predicted octanol–water partition coefficient (Wildman–Crippen LogP) is 5.39. The second-order valence-electron chi connectivity index (χ2n) is 8.10. The van der Waals surface area contributed by atoms with Crippen LogP contribution in [0.25, 0.3) is 10.8 Å². The molecule has 0 fully saturated rings. The van der Waals surface area contributed by atoms with Gasteiger partial charge in [0, 0.05) is 22.2 Å². The summed E-state index contributed by atoms with van der Waals surface area (Å²) in [5.41, 5.74) is -3.57. The third-order valence-corrected chi connectivity index (χ3v) is 6.92. The standard InChI is InChI=1S/C25H24F3IN2O2/c1-3-30(4-2)11-12-31-21-15-19(29)14-20(25(26,27)28)22(21)24(33,23(31)32)18-10-9-16-7-5-6-8-17(16)13-18/h5-10,13-15,33H,3-4,11-12H2,1-2H3. The SMILES string of the molecule is CCN(CC)CCN1C(=O)C(O)(c2ccc3ccccc3c2)c2c1cc(I)cc2C(F)(F)F. The smallest absolute Gasteiger partial charge is 0.372 e. The minimum atomic E-state index is -4.73. The van der Waals surface area contributed by atoms with Crippen molar-refractivity contribution in [1.29, 1.82) is 0 Å². The Morgan fingerprint density at radius 1 is 1.03 bits per heavy atom. The van der Waals surface area contributed by atoms with Gasteiger partial charge in [-0.3, -0.25) is 4.79 Å². The maximum Gasteiger partial charge on any atom is 0.416 e. The lowest BCUT2D eigenvalue weighted by atomic mass is 9.83. The molecular weight excluding hydrogens is 544 g/mol. The molecule has 0 aromatic heterocycles. The van der Waals surface area contributed by atoms with E-state index in [1.165, 1.54) is 11.0 Å². The number of likely N-dealkylation sites (N-methyl/N-ethyl adjacent to an activating group) is 1. The molecule has 0 bridgehead atoms. The molecule has 0 saturated carbocycles. The van der Waals surface area contributed by atoms with Crippen LogP contribution in [0.5, 0.6) is 0 Å². The lowest BCUT2D eigenvalue weighted by Gasteiger charge is -2.26. The maximum atomic E-state index is 14.2. The molecule has 3 aromatic carbocycles. The van der Waals surface area contributed by atoms with Gasteiger partial charge in [0.05, 0.1) is 11.3 Å². The lowest BCUT2D eigenvalue weighted by molar-refractivity contribution is -0.142. The van der Waals surface area contributed by atoms with E-state index >= 15 is 0 Å². The van der Waals surface area contributed by atoms with E-state index < -0.39 is 28.8 Å². The van der Waals surface area contributed by atoms with Crippen LogP contribution in [0.1, 0.15) is 30.5 Å². The second-order valence-corrected chi connectivity index (χ2v) is 9.35. The Balaban J connectivity index is 1.93. The Morgan fingerprint density at radius 3 is 2.33 bits per heavy atom. The zero-order valence-corrected chi connectivity index (χ0v) is 20.4. The van der Waals surface area contributed by atoms with Gasteiger partial charge in [-0.1, -0.05) is 50.2 Å². The first-order chi connectivity index (χ1) is 15.6. The van der Waals surface area contributed by atoms with E-state index in [4.69, 9.17) is 0 Å². The molecular formula is C25H24F3IN2O2. The van der Waals surface area contributed by atoms with Gasteiger partial charge in [-0.05, 0) is 70.2 Å². The fourth-order valence-corrected chi connectivity index (χ4v) is 5.11. The van der Waals surface area contributed by atoms with Crippen molar-refractivity contribution in [3.05, 3.63) is 74.9 Å². The number of halogens is 4. The van der Waals surface area contributed by atoms with Crippen molar-refractivity contribution < 1.29 is 23.1 Å². The molecule has 174 valence electrons. The first-order valence-corrected chi connectivity index (χ1v) is 11.9. The summed E-state index contributed by atoms with van der Waals surface area (Å²) in [4.78, 5) is 17.1. The molecule has 1 N–H and O–H groups in total. The van der Waals surface area contributed by atoms with Gasteiger partial charge in [0.25, 0.3) is 5.91 Å². The summed E-state index contributed by atoms with van der Waals surface area (Å²) in [7, 11) is 0. The molecule has 0 aliphatic carbocycles. The number of amides is 1. The van der Waals surface area contributed by atoms with E-state index in [2.05, 4.69) is 4.90 Å². The Labute approximate surface area is 204 Å². The van der Waals surface area contributed by atoms with Gasteiger partial charge in [0.1, 0.15) is 0 Å². The van der Waals surface area contributed by atoms with Crippen molar-refractivity contribution in [3.8, 4) is 0 Å². The summed E-state index contributed by atoms with van der Waals surface area (Å²) >= 11 is 1.82. The van der Waals surface area contributed by atoms with E-state index in [0.717, 1.165) is 29.9 Å². The van der Waals surface area contributed by atoms with Crippen LogP contribution in [0.15, 0.2) is 54.6 Å². The average Bonchev–Trinajstić information content (AvgIpc) is 3.00. The maximum absolute atomic E-state index is 14.2. The monoisotopic (exact) mass is 568 g/mol. The molecule has 0 spiro atoms. The molecule has 0 radical (unpaired) electrons. The Bertz CT molecular complexity index is 1210. The predicted molar refractivity (Wildman–Crippen MR) is 131 cm³/mol. The van der Waals surface area contributed by atoms with Crippen molar-refractivity contribution in [3.63, 3.8) is 0 Å². The molecule has 4 rings (SSSR count). The van der Waals surface area contributed by atoms with Crippen molar-refractivity contribution in [2.24, 2.45) is 0 Å². The summed E-state index contributed by atoms with van der Waals surface area (Å²) in [6.45, 7) is 6.14. The number of hydrogen-bond donors (Lipinski definition) is 1. The number of nitrogens with zero attached hydrogens (tertiary/aromatic N) is 2. The molecule has 1 heterocycles. The average molecular weight is 568 g/mol. The second kappa shape index (κ2) is 8.88. The molecule has 1 atom stereocenters. The number of rotatable bonds is 6. The molecule has 33 heavy (non-hydrogen) atoms. The van der Waals surface area contributed by atoms with Crippen LogP contribution in [0.4, 0.5) is 18.9 Å². The molecule has 1 unspecified atom stereocenters. The summed E-state index contributed by atoms with van der Waals surface area (Å²) in [5, 5.41) is 13.4. The molecule has 1 amide bonds. The zero-order valence-electron chi connectivity index (χ0n) is 18.3. The number of aliphatic hydroxyl groups is 1. The Morgan fingerprint density at radius 2 is 1.70 bits per heavy atom. The number of hydrogen-bond acceptors (Lipinski definition) is 3. The van der Waals surface area contributed by atoms with E-state index in [1.807, 2.05) is 48.6 Å².